The third kappa shape index (κ3) is 3.58. The maximum absolute atomic E-state index is 13.6. The minimum absolute atomic E-state index is 0.0821. The molecule has 29 heavy (non-hydrogen) atoms. The molecule has 0 bridgehead atoms. The zero-order valence-electron chi connectivity index (χ0n) is 14.7. The molecule has 0 atom stereocenters. The lowest BCUT2D eigenvalue weighted by Gasteiger charge is -2.17. The Morgan fingerprint density at radius 3 is 2.38 bits per heavy atom. The van der Waals surface area contributed by atoms with Gasteiger partial charge in [-0.25, -0.2) is 13.4 Å². The Morgan fingerprint density at radius 1 is 1.14 bits per heavy atom. The van der Waals surface area contributed by atoms with E-state index >= 15 is 0 Å². The zero-order chi connectivity index (χ0) is 21.8. The van der Waals surface area contributed by atoms with Crippen LogP contribution in [0.25, 0.3) is 22.7 Å². The van der Waals surface area contributed by atoms with Crippen molar-refractivity contribution in [3.05, 3.63) is 28.5 Å². The first-order chi connectivity index (χ1) is 13.3. The number of halogens is 6. The Balaban J connectivity index is 2.25. The number of fused-ring (bicyclic) bond motifs is 1. The molecule has 156 valence electrons. The van der Waals surface area contributed by atoms with Crippen LogP contribution in [0.3, 0.4) is 0 Å². The molecular weight excluding hydrogens is 489 g/mol. The van der Waals surface area contributed by atoms with E-state index in [-0.39, 0.29) is 33.3 Å². The van der Waals surface area contributed by atoms with E-state index in [0.29, 0.717) is 10.5 Å². The number of hydrogen-bond donors (Lipinski definition) is 0. The summed E-state index contributed by atoms with van der Waals surface area (Å²) in [6.45, 7) is 1.42. The molecule has 0 fully saturated rings. The quantitative estimate of drug-likeness (QED) is 0.509. The molecule has 0 aromatic carbocycles. The average molecular weight is 500 g/mol. The van der Waals surface area contributed by atoms with E-state index < -0.39 is 27.6 Å². The van der Waals surface area contributed by atoms with Crippen LogP contribution in [0.5, 0.6) is 0 Å². The molecular formula is C15H11BrF5N5O2S. The summed E-state index contributed by atoms with van der Waals surface area (Å²) in [5.41, 5.74) is -2.15. The smallest absolute Gasteiger partial charge is 0.309 e. The predicted molar refractivity (Wildman–Crippen MR) is 94.9 cm³/mol. The van der Waals surface area contributed by atoms with Gasteiger partial charge in [-0.1, -0.05) is 6.92 Å². The van der Waals surface area contributed by atoms with Crippen molar-refractivity contribution >= 4 is 36.9 Å². The number of alkyl halides is 5. The highest BCUT2D eigenvalue weighted by molar-refractivity contribution is 9.10. The molecule has 3 rings (SSSR count). The molecule has 7 nitrogen and oxygen atoms in total. The SMILES string of the molecule is CCS(=O)(=O)c1cc(Br)cnc1-c1nc2cc(C(F)(F)C(F)(F)F)nnc2n1C. The molecule has 0 N–H and O–H groups in total. The van der Waals surface area contributed by atoms with Gasteiger partial charge in [0, 0.05) is 17.7 Å². The maximum atomic E-state index is 13.6. The number of pyridine rings is 1. The summed E-state index contributed by atoms with van der Waals surface area (Å²) in [4.78, 5) is 7.86. The molecule has 0 aliphatic carbocycles. The van der Waals surface area contributed by atoms with Gasteiger partial charge in [0.1, 0.15) is 16.9 Å². The molecule has 0 amide bonds. The van der Waals surface area contributed by atoms with Gasteiger partial charge in [0.2, 0.25) is 0 Å². The van der Waals surface area contributed by atoms with Crippen molar-refractivity contribution in [3.8, 4) is 11.5 Å². The van der Waals surface area contributed by atoms with Gasteiger partial charge >= 0.3 is 12.1 Å². The van der Waals surface area contributed by atoms with E-state index in [0.717, 1.165) is 0 Å². The molecule has 0 aliphatic heterocycles. The van der Waals surface area contributed by atoms with Gasteiger partial charge < -0.3 is 4.57 Å². The molecule has 0 saturated heterocycles. The van der Waals surface area contributed by atoms with E-state index in [1.807, 2.05) is 0 Å². The van der Waals surface area contributed by atoms with Crippen LogP contribution in [0.1, 0.15) is 12.6 Å². The second-order valence-corrected chi connectivity index (χ2v) is 9.07. The first-order valence-corrected chi connectivity index (χ1v) is 10.3. The van der Waals surface area contributed by atoms with Crippen LogP contribution < -0.4 is 0 Å². The van der Waals surface area contributed by atoms with Crippen molar-refractivity contribution in [3.63, 3.8) is 0 Å². The Hall–Kier alpha value is -2.22. The average Bonchev–Trinajstić information content (AvgIpc) is 2.96. The summed E-state index contributed by atoms with van der Waals surface area (Å²) in [5.74, 6) is -5.55. The van der Waals surface area contributed by atoms with Crippen LogP contribution in [0, 0.1) is 0 Å². The van der Waals surface area contributed by atoms with Crippen LogP contribution in [-0.4, -0.2) is 45.1 Å². The van der Waals surface area contributed by atoms with Gasteiger partial charge in [0.05, 0.1) is 10.6 Å². The van der Waals surface area contributed by atoms with E-state index in [1.54, 1.807) is 0 Å². The molecule has 0 saturated carbocycles. The van der Waals surface area contributed by atoms with Crippen molar-refractivity contribution in [2.45, 2.75) is 23.9 Å². The highest BCUT2D eigenvalue weighted by Gasteiger charge is 2.60. The van der Waals surface area contributed by atoms with Crippen molar-refractivity contribution in [1.29, 1.82) is 0 Å². The summed E-state index contributed by atoms with van der Waals surface area (Å²) in [7, 11) is -2.37. The largest absolute Gasteiger partial charge is 0.459 e. The molecule has 3 heterocycles. The normalized spacial score (nSPS) is 13.2. The molecule has 0 radical (unpaired) electrons. The number of aryl methyl sites for hydroxylation is 1. The summed E-state index contributed by atoms with van der Waals surface area (Å²) in [5, 5.41) is 6.41. The molecule has 3 aromatic rings. The summed E-state index contributed by atoms with van der Waals surface area (Å²) in [6.07, 6.45) is -4.55. The summed E-state index contributed by atoms with van der Waals surface area (Å²) in [6, 6.07) is 1.77. The summed E-state index contributed by atoms with van der Waals surface area (Å²) < 4.78 is 91.4. The van der Waals surface area contributed by atoms with Gasteiger partial charge in [0.15, 0.2) is 21.3 Å². The monoisotopic (exact) mass is 499 g/mol. The van der Waals surface area contributed by atoms with Crippen LogP contribution in [0.15, 0.2) is 27.7 Å². The standard InChI is InChI=1S/C15H11BrF5N5O2S/c1-3-29(27,28)9-4-7(16)6-22-11(9)13-23-8-5-10(14(17,18)15(19,20)21)24-25-12(8)26(13)2/h4-6H,3H2,1-2H3. The lowest BCUT2D eigenvalue weighted by atomic mass is 10.2. The van der Waals surface area contributed by atoms with Crippen molar-refractivity contribution in [2.24, 2.45) is 7.05 Å². The fourth-order valence-corrected chi connectivity index (χ4v) is 4.02. The Kier molecular flexibility index (Phi) is 5.14. The highest BCUT2D eigenvalue weighted by atomic mass is 79.9. The lowest BCUT2D eigenvalue weighted by molar-refractivity contribution is -0.291. The first kappa shape index (κ1) is 21.5. The highest BCUT2D eigenvalue weighted by Crippen LogP contribution is 2.43. The van der Waals surface area contributed by atoms with Crippen molar-refractivity contribution in [1.82, 2.24) is 24.7 Å². The number of rotatable bonds is 4. The molecule has 0 unspecified atom stereocenters. The Morgan fingerprint density at radius 2 is 1.79 bits per heavy atom. The number of nitrogens with zero attached hydrogens (tertiary/aromatic N) is 5. The van der Waals surface area contributed by atoms with Crippen molar-refractivity contribution < 1.29 is 30.4 Å². The maximum Gasteiger partial charge on any atom is 0.459 e. The Bertz CT molecular complexity index is 1210. The predicted octanol–water partition coefficient (Wildman–Crippen LogP) is 3.64. The second-order valence-electron chi connectivity index (χ2n) is 5.91. The minimum Gasteiger partial charge on any atom is -0.309 e. The van der Waals surface area contributed by atoms with Gasteiger partial charge in [-0.3, -0.25) is 4.98 Å². The second kappa shape index (κ2) is 6.93. The zero-order valence-corrected chi connectivity index (χ0v) is 17.1. The van der Waals surface area contributed by atoms with Crippen LogP contribution in [0.4, 0.5) is 22.0 Å². The van der Waals surface area contributed by atoms with E-state index in [1.165, 1.54) is 30.8 Å². The molecule has 0 aliphatic rings. The lowest BCUT2D eigenvalue weighted by Crippen LogP contribution is -2.34. The summed E-state index contributed by atoms with van der Waals surface area (Å²) >= 11 is 3.13. The Labute approximate surface area is 169 Å². The van der Waals surface area contributed by atoms with Gasteiger partial charge in [-0.05, 0) is 28.1 Å². The third-order valence-corrected chi connectivity index (χ3v) is 6.22. The van der Waals surface area contributed by atoms with Crippen LogP contribution in [0.2, 0.25) is 0 Å². The number of sulfone groups is 1. The number of hydrogen-bond acceptors (Lipinski definition) is 6. The fourth-order valence-electron chi connectivity index (χ4n) is 2.48. The van der Waals surface area contributed by atoms with E-state index in [4.69, 9.17) is 0 Å². The van der Waals surface area contributed by atoms with Crippen LogP contribution >= 0.6 is 15.9 Å². The first-order valence-electron chi connectivity index (χ1n) is 7.83. The van der Waals surface area contributed by atoms with Crippen molar-refractivity contribution in [2.75, 3.05) is 5.75 Å². The number of imidazole rings is 1. The van der Waals surface area contributed by atoms with Gasteiger partial charge in [0.25, 0.3) is 0 Å². The van der Waals surface area contributed by atoms with E-state index in [2.05, 4.69) is 36.1 Å². The van der Waals surface area contributed by atoms with Gasteiger partial charge in [-0.2, -0.15) is 22.0 Å². The number of aromatic nitrogens is 5. The van der Waals surface area contributed by atoms with Gasteiger partial charge in [-0.15, -0.1) is 10.2 Å². The molecule has 3 aromatic heterocycles. The topological polar surface area (TPSA) is 90.6 Å². The minimum atomic E-state index is -5.86. The van der Waals surface area contributed by atoms with E-state index in [9.17, 15) is 30.4 Å². The molecule has 14 heteroatoms. The van der Waals surface area contributed by atoms with Crippen LogP contribution in [-0.2, 0) is 22.8 Å². The third-order valence-electron chi connectivity index (χ3n) is 4.04. The molecule has 0 spiro atoms. The fraction of sp³-hybridized carbons (Fsp3) is 0.333.